The molecule has 0 spiro atoms. The maximum Gasteiger partial charge on any atom is 0.124 e. The second-order valence-electron chi connectivity index (χ2n) is 3.53. The van der Waals surface area contributed by atoms with Crippen LogP contribution in [0.25, 0.3) is 10.4 Å². The van der Waals surface area contributed by atoms with Gasteiger partial charge in [-0.1, -0.05) is 22.8 Å². The van der Waals surface area contributed by atoms with Crippen LogP contribution in [-0.2, 0) is 10.1 Å². The molecule has 7 nitrogen and oxygen atoms in total. The lowest BCUT2D eigenvalue weighted by atomic mass is 10.2. The minimum Gasteiger partial charge on any atom is -0.744 e. The van der Waals surface area contributed by atoms with Gasteiger partial charge >= 0.3 is 0 Å². The molecule has 0 aliphatic carbocycles. The number of aryl methyl sites for hydroxylation is 1. The van der Waals surface area contributed by atoms with E-state index in [4.69, 9.17) is 10.6 Å². The first-order chi connectivity index (χ1) is 8.27. The van der Waals surface area contributed by atoms with Crippen LogP contribution < -0.4 is 0 Å². The summed E-state index contributed by atoms with van der Waals surface area (Å²) in [6.07, 6.45) is -0.518. The van der Waals surface area contributed by atoms with E-state index in [-0.39, 0.29) is 11.4 Å². The third-order valence-corrected chi connectivity index (χ3v) is 2.57. The zero-order chi connectivity index (χ0) is 14.2. The predicted molar refractivity (Wildman–Crippen MR) is 64.8 cm³/mol. The van der Waals surface area contributed by atoms with Crippen molar-refractivity contribution in [1.29, 1.82) is 0 Å². The highest BCUT2D eigenvalue weighted by molar-refractivity contribution is 7.85. The van der Waals surface area contributed by atoms with Crippen LogP contribution in [0.5, 0.6) is 0 Å². The highest BCUT2D eigenvalue weighted by Gasteiger charge is 1.97. The van der Waals surface area contributed by atoms with E-state index in [0.29, 0.717) is 0 Å². The van der Waals surface area contributed by atoms with E-state index in [1.54, 1.807) is 19.1 Å². The van der Waals surface area contributed by atoms with Gasteiger partial charge in [0.1, 0.15) is 10.1 Å². The van der Waals surface area contributed by atoms with Gasteiger partial charge in [-0.2, -0.15) is 0 Å². The van der Waals surface area contributed by atoms with Crippen LogP contribution in [0.15, 0.2) is 34.3 Å². The van der Waals surface area contributed by atoms with Crippen molar-refractivity contribution < 1.29 is 18.1 Å². The fraction of sp³-hybridized carbons (Fsp3) is 0.400. The molecule has 0 fully saturated rings. The molecule has 1 aromatic rings. The molecule has 0 aliphatic rings. The molecule has 8 heteroatoms. The molecule has 0 aromatic heterocycles. The van der Waals surface area contributed by atoms with Crippen LogP contribution in [0, 0.1) is 6.92 Å². The molecule has 0 aliphatic heterocycles. The first-order valence-electron chi connectivity index (χ1n) is 4.99. The van der Waals surface area contributed by atoms with E-state index in [2.05, 4.69) is 10.0 Å². The zero-order valence-electron chi connectivity index (χ0n) is 10.0. The lowest BCUT2D eigenvalue weighted by molar-refractivity contribution is 0.203. The first kappa shape index (κ1) is 16.4. The van der Waals surface area contributed by atoms with Crippen LogP contribution in [0.2, 0.25) is 0 Å². The molecule has 0 amide bonds. The number of aliphatic hydroxyl groups excluding tert-OH is 1. The first-order valence-corrected chi connectivity index (χ1v) is 6.39. The van der Waals surface area contributed by atoms with E-state index in [1.165, 1.54) is 12.1 Å². The van der Waals surface area contributed by atoms with Crippen LogP contribution in [-0.4, -0.2) is 30.7 Å². The monoisotopic (exact) mass is 272 g/mol. The summed E-state index contributed by atoms with van der Waals surface area (Å²) >= 11 is 0. The fourth-order valence-corrected chi connectivity index (χ4v) is 1.33. The maximum absolute atomic E-state index is 10.4. The van der Waals surface area contributed by atoms with Crippen molar-refractivity contribution >= 4 is 10.1 Å². The zero-order valence-corrected chi connectivity index (χ0v) is 10.8. The molecule has 0 heterocycles. The number of rotatable bonds is 3. The van der Waals surface area contributed by atoms with Gasteiger partial charge < -0.3 is 9.66 Å². The molecule has 0 saturated carbocycles. The van der Waals surface area contributed by atoms with Gasteiger partial charge in [-0.05, 0) is 31.5 Å². The average molecular weight is 272 g/mol. The lowest BCUT2D eigenvalue weighted by Gasteiger charge is -2.05. The van der Waals surface area contributed by atoms with E-state index >= 15 is 0 Å². The molecule has 1 rings (SSSR count). The Kier molecular flexibility index (Phi) is 6.99. The Labute approximate surface area is 105 Å². The van der Waals surface area contributed by atoms with Gasteiger partial charge in [0.15, 0.2) is 0 Å². The van der Waals surface area contributed by atoms with Crippen LogP contribution in [0.4, 0.5) is 0 Å². The van der Waals surface area contributed by atoms with Crippen molar-refractivity contribution in [3.8, 4) is 0 Å². The summed E-state index contributed by atoms with van der Waals surface area (Å²) in [5.74, 6) is 0. The Balaban J connectivity index is 0.000000360. The summed E-state index contributed by atoms with van der Waals surface area (Å²) in [5.41, 5.74) is 8.59. The van der Waals surface area contributed by atoms with Crippen molar-refractivity contribution in [2.45, 2.75) is 24.8 Å². The largest absolute Gasteiger partial charge is 0.744 e. The lowest BCUT2D eigenvalue weighted by Crippen LogP contribution is -2.01. The second kappa shape index (κ2) is 7.67. The predicted octanol–water partition coefficient (Wildman–Crippen LogP) is 1.58. The van der Waals surface area contributed by atoms with Crippen LogP contribution >= 0.6 is 0 Å². The Morgan fingerprint density at radius 3 is 2.22 bits per heavy atom. The summed E-state index contributed by atoms with van der Waals surface area (Å²) in [6.45, 7) is 3.55. The summed E-state index contributed by atoms with van der Waals surface area (Å²) in [6, 6.07) is 5.78. The normalized spacial score (nSPS) is 11.8. The quantitative estimate of drug-likeness (QED) is 0.388. The molecule has 1 aromatic carbocycles. The minimum absolute atomic E-state index is 0.163. The van der Waals surface area contributed by atoms with E-state index in [1.807, 2.05) is 6.92 Å². The molecule has 0 bridgehead atoms. The number of benzene rings is 1. The van der Waals surface area contributed by atoms with Crippen molar-refractivity contribution in [2.75, 3.05) is 6.54 Å². The Hall–Kier alpha value is -1.60. The molecular weight excluding hydrogens is 258 g/mol. The van der Waals surface area contributed by atoms with Crippen molar-refractivity contribution in [2.24, 2.45) is 5.11 Å². The van der Waals surface area contributed by atoms with Gasteiger partial charge in [0.25, 0.3) is 0 Å². The van der Waals surface area contributed by atoms with E-state index < -0.39 is 16.2 Å². The fourth-order valence-electron chi connectivity index (χ4n) is 0.860. The topological polar surface area (TPSA) is 126 Å². The van der Waals surface area contributed by atoms with Gasteiger partial charge in [-0.15, -0.1) is 0 Å². The Morgan fingerprint density at radius 2 is 1.94 bits per heavy atom. The third-order valence-electron chi connectivity index (χ3n) is 1.72. The molecule has 1 atom stereocenters. The summed E-state index contributed by atoms with van der Waals surface area (Å²) in [7, 11) is -4.27. The highest BCUT2D eigenvalue weighted by Crippen LogP contribution is 2.08. The highest BCUT2D eigenvalue weighted by atomic mass is 32.2. The van der Waals surface area contributed by atoms with Gasteiger partial charge in [-0.3, -0.25) is 0 Å². The SMILES string of the molecule is CC(O)CN=[N+]=[N-].Cc1ccc(S(=O)(=O)[O-])cc1. The second-order valence-corrected chi connectivity index (χ2v) is 4.91. The van der Waals surface area contributed by atoms with Gasteiger partial charge in [0.2, 0.25) is 0 Å². The summed E-state index contributed by atoms with van der Waals surface area (Å²) in [5, 5.41) is 11.5. The molecule has 0 saturated heterocycles. The van der Waals surface area contributed by atoms with Crippen molar-refractivity contribution in [3.05, 3.63) is 40.3 Å². The summed E-state index contributed by atoms with van der Waals surface area (Å²) < 4.78 is 31.2. The van der Waals surface area contributed by atoms with Crippen LogP contribution in [0.3, 0.4) is 0 Å². The molecule has 100 valence electrons. The molecule has 1 unspecified atom stereocenters. The molecule has 18 heavy (non-hydrogen) atoms. The van der Waals surface area contributed by atoms with Crippen molar-refractivity contribution in [1.82, 2.24) is 0 Å². The molecule has 1 N–H and O–H groups in total. The van der Waals surface area contributed by atoms with Crippen LogP contribution in [0.1, 0.15) is 12.5 Å². The van der Waals surface area contributed by atoms with E-state index in [0.717, 1.165) is 5.56 Å². The summed E-state index contributed by atoms with van der Waals surface area (Å²) in [4.78, 5) is 2.26. The molecule has 0 radical (unpaired) electrons. The third kappa shape index (κ3) is 7.64. The van der Waals surface area contributed by atoms with Crippen molar-refractivity contribution in [3.63, 3.8) is 0 Å². The standard InChI is InChI=1S/C7H8O3S.C3H7N3O/c1-6-2-4-7(5-3-6)11(8,9)10;1-3(7)2-5-6-4/h2-5H,1H3,(H,8,9,10);3,7H,2H2,1H3/p-1. The number of azide groups is 1. The average Bonchev–Trinajstić information content (AvgIpc) is 2.26. The minimum atomic E-state index is -4.27. The van der Waals surface area contributed by atoms with E-state index in [9.17, 15) is 13.0 Å². The van der Waals surface area contributed by atoms with Gasteiger partial charge in [0.05, 0.1) is 17.5 Å². The van der Waals surface area contributed by atoms with Gasteiger partial charge in [-0.25, -0.2) is 8.42 Å². The Morgan fingerprint density at radius 1 is 1.44 bits per heavy atom. The number of hydrogen-bond acceptors (Lipinski definition) is 5. The Bertz CT molecular complexity index is 504. The maximum atomic E-state index is 10.4. The number of hydrogen-bond donors (Lipinski definition) is 1. The number of nitrogens with zero attached hydrogens (tertiary/aromatic N) is 3. The smallest absolute Gasteiger partial charge is 0.124 e. The molecular formula is C10H14N3O4S-. The number of aliphatic hydroxyl groups is 1. The van der Waals surface area contributed by atoms with Gasteiger partial charge in [0, 0.05) is 4.91 Å².